The number of amides is 1. The lowest BCUT2D eigenvalue weighted by molar-refractivity contribution is -0.115. The lowest BCUT2D eigenvalue weighted by Gasteiger charge is -2.13. The number of ether oxygens (including phenoxy) is 2. The fourth-order valence-corrected chi connectivity index (χ4v) is 3.19. The van der Waals surface area contributed by atoms with Gasteiger partial charge >= 0.3 is 0 Å². The van der Waals surface area contributed by atoms with Crippen LogP contribution in [0.4, 0.5) is 10.1 Å². The van der Waals surface area contributed by atoms with Gasteiger partial charge < -0.3 is 14.8 Å². The van der Waals surface area contributed by atoms with Crippen molar-refractivity contribution < 1.29 is 18.7 Å². The van der Waals surface area contributed by atoms with Crippen molar-refractivity contribution in [3.63, 3.8) is 0 Å². The Morgan fingerprint density at radius 1 is 1.17 bits per heavy atom. The Bertz CT molecular complexity index is 756. The van der Waals surface area contributed by atoms with Crippen LogP contribution in [0.25, 0.3) is 0 Å². The predicted molar refractivity (Wildman–Crippen MR) is 83.6 cm³/mol. The number of halogens is 1. The normalized spacial score (nSPS) is 14.7. The summed E-state index contributed by atoms with van der Waals surface area (Å²) in [6, 6.07) is 8.17. The van der Waals surface area contributed by atoms with Crippen molar-refractivity contribution in [2.75, 3.05) is 18.5 Å². The summed E-state index contributed by atoms with van der Waals surface area (Å²) in [5.41, 5.74) is 3.19. The van der Waals surface area contributed by atoms with E-state index < -0.39 is 5.82 Å². The summed E-state index contributed by atoms with van der Waals surface area (Å²) in [5.74, 6) is 0.956. The van der Waals surface area contributed by atoms with E-state index >= 15 is 0 Å². The van der Waals surface area contributed by atoms with Crippen molar-refractivity contribution in [2.24, 2.45) is 0 Å². The molecule has 0 saturated carbocycles. The monoisotopic (exact) mass is 313 g/mol. The molecule has 0 radical (unpaired) electrons. The second-order valence-electron chi connectivity index (χ2n) is 5.72. The predicted octanol–water partition coefficient (Wildman–Crippen LogP) is 2.88. The summed E-state index contributed by atoms with van der Waals surface area (Å²) >= 11 is 0. The quantitative estimate of drug-likeness (QED) is 0.948. The number of para-hydroxylation sites is 1. The van der Waals surface area contributed by atoms with Gasteiger partial charge in [0.15, 0.2) is 0 Å². The molecule has 0 fully saturated rings. The molecule has 1 amide bonds. The van der Waals surface area contributed by atoms with Crippen LogP contribution in [0, 0.1) is 5.82 Å². The van der Waals surface area contributed by atoms with Crippen molar-refractivity contribution in [2.45, 2.75) is 19.3 Å². The molecule has 2 aliphatic heterocycles. The molecular formula is C18H16FNO3. The minimum absolute atomic E-state index is 0.156. The number of nitrogens with one attached hydrogen (secondary N) is 1. The van der Waals surface area contributed by atoms with Crippen molar-refractivity contribution in [1.29, 1.82) is 0 Å². The standard InChI is InChI=1S/C18H16FNO3/c19-14-3-1-2-4-15(14)20-17(21)10-13-12-6-8-22-16(12)9-11-5-7-23-18(11)13/h1-4,9H,5-8,10H2,(H,20,21). The molecular weight excluding hydrogens is 297 g/mol. The van der Waals surface area contributed by atoms with Gasteiger partial charge in [-0.1, -0.05) is 12.1 Å². The molecule has 4 nitrogen and oxygen atoms in total. The maximum atomic E-state index is 13.7. The molecule has 5 heteroatoms. The lowest BCUT2D eigenvalue weighted by Crippen LogP contribution is -2.16. The van der Waals surface area contributed by atoms with Gasteiger partial charge in [0.1, 0.15) is 17.3 Å². The van der Waals surface area contributed by atoms with E-state index in [1.54, 1.807) is 18.2 Å². The molecule has 1 N–H and O–H groups in total. The van der Waals surface area contributed by atoms with Crippen molar-refractivity contribution in [3.05, 3.63) is 52.8 Å². The van der Waals surface area contributed by atoms with Crippen LogP contribution < -0.4 is 14.8 Å². The molecule has 118 valence electrons. The molecule has 4 rings (SSSR count). The van der Waals surface area contributed by atoms with Crippen LogP contribution in [0.2, 0.25) is 0 Å². The van der Waals surface area contributed by atoms with Crippen LogP contribution >= 0.6 is 0 Å². The highest BCUT2D eigenvalue weighted by atomic mass is 19.1. The van der Waals surface area contributed by atoms with Crippen molar-refractivity contribution >= 4 is 11.6 Å². The number of fused-ring (bicyclic) bond motifs is 2. The number of carbonyl (C=O) groups is 1. The van der Waals surface area contributed by atoms with Crippen LogP contribution in [0.3, 0.4) is 0 Å². The Morgan fingerprint density at radius 3 is 2.87 bits per heavy atom. The average Bonchev–Trinajstić information content (AvgIpc) is 3.18. The third-order valence-corrected chi connectivity index (χ3v) is 4.25. The molecule has 0 saturated heterocycles. The van der Waals surface area contributed by atoms with Gasteiger partial charge in [0.05, 0.1) is 25.3 Å². The molecule has 23 heavy (non-hydrogen) atoms. The van der Waals surface area contributed by atoms with E-state index in [9.17, 15) is 9.18 Å². The van der Waals surface area contributed by atoms with Gasteiger partial charge in [-0.05, 0) is 18.2 Å². The van der Waals surface area contributed by atoms with E-state index in [0.717, 1.165) is 41.0 Å². The van der Waals surface area contributed by atoms with Gasteiger partial charge in [-0.15, -0.1) is 0 Å². The van der Waals surface area contributed by atoms with Gasteiger partial charge in [0.2, 0.25) is 5.91 Å². The van der Waals surface area contributed by atoms with E-state index in [4.69, 9.17) is 9.47 Å². The minimum Gasteiger partial charge on any atom is -0.493 e. The Balaban J connectivity index is 1.62. The molecule has 0 aliphatic carbocycles. The first-order valence-corrected chi connectivity index (χ1v) is 7.70. The molecule has 0 atom stereocenters. The van der Waals surface area contributed by atoms with Gasteiger partial charge in [-0.25, -0.2) is 4.39 Å². The highest BCUT2D eigenvalue weighted by Crippen LogP contribution is 2.40. The third kappa shape index (κ3) is 2.52. The largest absolute Gasteiger partial charge is 0.493 e. The Morgan fingerprint density at radius 2 is 2.00 bits per heavy atom. The first kappa shape index (κ1) is 14.1. The van der Waals surface area contributed by atoms with E-state index in [0.29, 0.717) is 13.2 Å². The van der Waals surface area contributed by atoms with E-state index in [1.807, 2.05) is 6.07 Å². The van der Waals surface area contributed by atoms with Crippen LogP contribution in [0.15, 0.2) is 30.3 Å². The molecule has 0 spiro atoms. The Kier molecular flexibility index (Phi) is 3.41. The van der Waals surface area contributed by atoms with Gasteiger partial charge in [-0.3, -0.25) is 4.79 Å². The number of hydrogen-bond donors (Lipinski definition) is 1. The lowest BCUT2D eigenvalue weighted by atomic mass is 9.97. The van der Waals surface area contributed by atoms with Gasteiger partial charge in [-0.2, -0.15) is 0 Å². The number of rotatable bonds is 3. The maximum Gasteiger partial charge on any atom is 0.229 e. The van der Waals surface area contributed by atoms with E-state index in [-0.39, 0.29) is 18.0 Å². The zero-order chi connectivity index (χ0) is 15.8. The van der Waals surface area contributed by atoms with Crippen molar-refractivity contribution in [1.82, 2.24) is 0 Å². The molecule has 0 unspecified atom stereocenters. The fourth-order valence-electron chi connectivity index (χ4n) is 3.19. The summed E-state index contributed by atoms with van der Waals surface area (Å²) in [6.45, 7) is 1.25. The number of benzene rings is 2. The Labute approximate surface area is 133 Å². The van der Waals surface area contributed by atoms with Crippen LogP contribution in [0.1, 0.15) is 16.7 Å². The maximum absolute atomic E-state index is 13.7. The summed E-state index contributed by atoms with van der Waals surface area (Å²) < 4.78 is 25.0. The number of carbonyl (C=O) groups excluding carboxylic acids is 1. The van der Waals surface area contributed by atoms with Crippen molar-refractivity contribution in [3.8, 4) is 11.5 Å². The highest BCUT2D eigenvalue weighted by molar-refractivity contribution is 5.93. The molecule has 2 heterocycles. The summed E-state index contributed by atoms with van der Waals surface area (Å²) in [6.07, 6.45) is 1.76. The van der Waals surface area contributed by atoms with Crippen LogP contribution in [0.5, 0.6) is 11.5 Å². The SMILES string of the molecule is O=C(Cc1c2c(cc3c1OCC3)OCC2)Nc1ccccc1F. The molecule has 0 bridgehead atoms. The smallest absolute Gasteiger partial charge is 0.229 e. The van der Waals surface area contributed by atoms with Gasteiger partial charge in [0, 0.05) is 29.5 Å². The number of anilines is 1. The van der Waals surface area contributed by atoms with E-state index in [1.165, 1.54) is 6.07 Å². The summed E-state index contributed by atoms with van der Waals surface area (Å²) in [7, 11) is 0. The first-order valence-electron chi connectivity index (χ1n) is 7.70. The second kappa shape index (κ2) is 5.57. The topological polar surface area (TPSA) is 47.6 Å². The first-order chi connectivity index (χ1) is 11.2. The van der Waals surface area contributed by atoms with Crippen LogP contribution in [-0.4, -0.2) is 19.1 Å². The molecule has 2 aromatic carbocycles. The highest BCUT2D eigenvalue weighted by Gasteiger charge is 2.27. The zero-order valence-electron chi connectivity index (χ0n) is 12.5. The second-order valence-corrected chi connectivity index (χ2v) is 5.72. The summed E-state index contributed by atoms with van der Waals surface area (Å²) in [5, 5.41) is 2.63. The minimum atomic E-state index is -0.441. The zero-order valence-corrected chi connectivity index (χ0v) is 12.5. The fraction of sp³-hybridized carbons (Fsp3) is 0.278. The number of hydrogen-bond acceptors (Lipinski definition) is 3. The summed E-state index contributed by atoms with van der Waals surface area (Å²) in [4.78, 5) is 12.4. The van der Waals surface area contributed by atoms with E-state index in [2.05, 4.69) is 5.32 Å². The van der Waals surface area contributed by atoms with Crippen LogP contribution in [-0.2, 0) is 24.1 Å². The molecule has 0 aromatic heterocycles. The van der Waals surface area contributed by atoms with Gasteiger partial charge in [0.25, 0.3) is 0 Å². The molecule has 2 aliphatic rings. The third-order valence-electron chi connectivity index (χ3n) is 4.25. The molecule has 2 aromatic rings. The average molecular weight is 313 g/mol. The Hall–Kier alpha value is -2.56.